The molecule has 1 aromatic heterocycles. The van der Waals surface area contributed by atoms with Crippen molar-refractivity contribution in [2.45, 2.75) is 18.0 Å². The minimum Gasteiger partial charge on any atom is -0.333 e. The first kappa shape index (κ1) is 13.0. The third kappa shape index (κ3) is 2.38. The monoisotopic (exact) mass is 272 g/mol. The summed E-state index contributed by atoms with van der Waals surface area (Å²) in [5, 5.41) is 0. The van der Waals surface area contributed by atoms with Gasteiger partial charge in [0, 0.05) is 23.7 Å². The van der Waals surface area contributed by atoms with Gasteiger partial charge in [-0.3, -0.25) is 0 Å². The molecule has 0 saturated carbocycles. The van der Waals surface area contributed by atoms with E-state index in [1.807, 2.05) is 6.92 Å². The number of thiol groups is 1. The van der Waals surface area contributed by atoms with Crippen LogP contribution in [-0.2, 0) is 13.2 Å². The van der Waals surface area contributed by atoms with Crippen LogP contribution in [-0.4, -0.2) is 9.55 Å². The molecular formula is C12H11F3N2S. The van der Waals surface area contributed by atoms with Gasteiger partial charge in [0.2, 0.25) is 0 Å². The van der Waals surface area contributed by atoms with Crippen LogP contribution < -0.4 is 0 Å². The molecule has 96 valence electrons. The van der Waals surface area contributed by atoms with Crippen LogP contribution in [0.15, 0.2) is 29.3 Å². The summed E-state index contributed by atoms with van der Waals surface area (Å²) < 4.78 is 39.0. The molecular weight excluding hydrogens is 261 g/mol. The Kier molecular flexibility index (Phi) is 3.14. The highest BCUT2D eigenvalue weighted by Gasteiger charge is 2.34. The average Bonchev–Trinajstić information content (AvgIpc) is 2.64. The Labute approximate surface area is 108 Å². The molecule has 0 aliphatic rings. The number of aromatic nitrogens is 2. The number of imidazole rings is 1. The summed E-state index contributed by atoms with van der Waals surface area (Å²) in [5.41, 5.74) is 0.692. The van der Waals surface area contributed by atoms with E-state index in [1.165, 1.54) is 11.6 Å². The van der Waals surface area contributed by atoms with Gasteiger partial charge in [0.1, 0.15) is 5.82 Å². The first-order valence-corrected chi connectivity index (χ1v) is 5.64. The van der Waals surface area contributed by atoms with Crippen molar-refractivity contribution in [1.82, 2.24) is 9.55 Å². The van der Waals surface area contributed by atoms with E-state index in [9.17, 15) is 13.2 Å². The van der Waals surface area contributed by atoms with Gasteiger partial charge in [-0.05, 0) is 18.6 Å². The average molecular weight is 272 g/mol. The molecule has 1 aromatic carbocycles. The van der Waals surface area contributed by atoms with Crippen molar-refractivity contribution in [3.63, 3.8) is 0 Å². The predicted molar refractivity (Wildman–Crippen MR) is 65.6 cm³/mol. The Hall–Kier alpha value is -1.43. The van der Waals surface area contributed by atoms with Crippen molar-refractivity contribution in [2.24, 2.45) is 7.05 Å². The molecule has 0 aliphatic heterocycles. The number of hydrogen-bond donors (Lipinski definition) is 1. The second kappa shape index (κ2) is 4.35. The Balaban J connectivity index is 2.51. The molecule has 0 fully saturated rings. The molecule has 1 heterocycles. The van der Waals surface area contributed by atoms with Crippen LogP contribution in [0.5, 0.6) is 0 Å². The van der Waals surface area contributed by atoms with Crippen LogP contribution in [0.4, 0.5) is 13.2 Å². The Bertz CT molecular complexity index is 587. The lowest BCUT2D eigenvalue weighted by Crippen LogP contribution is -2.04. The topological polar surface area (TPSA) is 17.8 Å². The van der Waals surface area contributed by atoms with Crippen LogP contribution in [0, 0.1) is 6.92 Å². The Morgan fingerprint density at radius 3 is 2.44 bits per heavy atom. The number of nitrogens with zero attached hydrogens (tertiary/aromatic N) is 2. The fraction of sp³-hybridized carbons (Fsp3) is 0.250. The molecule has 18 heavy (non-hydrogen) atoms. The summed E-state index contributed by atoms with van der Waals surface area (Å²) in [5.74, 6) is 0.276. The summed E-state index contributed by atoms with van der Waals surface area (Å²) in [6, 6.07) is 5.25. The highest BCUT2D eigenvalue weighted by Crippen LogP contribution is 2.31. The van der Waals surface area contributed by atoms with Crippen molar-refractivity contribution in [1.29, 1.82) is 0 Å². The van der Waals surface area contributed by atoms with Crippen molar-refractivity contribution in [3.8, 4) is 11.4 Å². The molecule has 0 saturated heterocycles. The molecule has 0 amide bonds. The maximum atomic E-state index is 12.5. The van der Waals surface area contributed by atoms with E-state index < -0.39 is 11.9 Å². The molecule has 0 N–H and O–H groups in total. The van der Waals surface area contributed by atoms with E-state index in [4.69, 9.17) is 0 Å². The number of halogens is 3. The molecule has 0 unspecified atom stereocenters. The van der Waals surface area contributed by atoms with Crippen LogP contribution in [0.3, 0.4) is 0 Å². The molecule has 0 spiro atoms. The van der Waals surface area contributed by atoms with Gasteiger partial charge in [-0.2, -0.15) is 13.2 Å². The van der Waals surface area contributed by atoms with Gasteiger partial charge >= 0.3 is 6.18 Å². The fourth-order valence-electron chi connectivity index (χ4n) is 1.62. The van der Waals surface area contributed by atoms with Gasteiger partial charge in [-0.25, -0.2) is 4.98 Å². The summed E-state index contributed by atoms with van der Waals surface area (Å²) in [6.07, 6.45) is -3.45. The van der Waals surface area contributed by atoms with Gasteiger partial charge in [0.25, 0.3) is 0 Å². The quantitative estimate of drug-likeness (QED) is 0.784. The lowest BCUT2D eigenvalue weighted by atomic mass is 10.1. The minimum atomic E-state index is -4.43. The SMILES string of the molecule is Cc1ccc(-c2nc(C(F)(F)F)cn2C)cc1S. The number of benzene rings is 1. The predicted octanol–water partition coefficient (Wildman–Crippen LogP) is 3.70. The molecule has 2 rings (SSSR count). The number of alkyl halides is 3. The van der Waals surface area contributed by atoms with E-state index >= 15 is 0 Å². The van der Waals surface area contributed by atoms with Gasteiger partial charge in [0.15, 0.2) is 5.69 Å². The maximum Gasteiger partial charge on any atom is 0.434 e. The summed E-state index contributed by atoms with van der Waals surface area (Å²) >= 11 is 4.26. The van der Waals surface area contributed by atoms with Crippen LogP contribution >= 0.6 is 12.6 Å². The van der Waals surface area contributed by atoms with Crippen molar-refractivity contribution in [3.05, 3.63) is 35.7 Å². The summed E-state index contributed by atoms with van der Waals surface area (Å²) in [7, 11) is 1.54. The zero-order valence-corrected chi connectivity index (χ0v) is 10.7. The van der Waals surface area contributed by atoms with E-state index in [0.717, 1.165) is 16.7 Å². The van der Waals surface area contributed by atoms with E-state index in [0.29, 0.717) is 5.56 Å². The molecule has 0 aliphatic carbocycles. The lowest BCUT2D eigenvalue weighted by molar-refractivity contribution is -0.140. The second-order valence-electron chi connectivity index (χ2n) is 4.06. The summed E-state index contributed by atoms with van der Waals surface area (Å²) in [6.45, 7) is 1.88. The van der Waals surface area contributed by atoms with Gasteiger partial charge in [-0.15, -0.1) is 12.6 Å². The number of hydrogen-bond acceptors (Lipinski definition) is 2. The standard InChI is InChI=1S/C12H11F3N2S/c1-7-3-4-8(5-9(7)18)11-16-10(6-17(11)2)12(13,14)15/h3-6,18H,1-2H3. The zero-order chi connectivity index (χ0) is 13.5. The van der Waals surface area contributed by atoms with Gasteiger partial charge in [0.05, 0.1) is 0 Å². The first-order valence-electron chi connectivity index (χ1n) is 5.19. The molecule has 0 atom stereocenters. The van der Waals surface area contributed by atoms with Gasteiger partial charge < -0.3 is 4.57 Å². The number of rotatable bonds is 1. The third-order valence-electron chi connectivity index (χ3n) is 2.63. The highest BCUT2D eigenvalue weighted by atomic mass is 32.1. The minimum absolute atomic E-state index is 0.276. The van der Waals surface area contributed by atoms with Crippen molar-refractivity contribution >= 4 is 12.6 Å². The normalized spacial score (nSPS) is 11.9. The molecule has 2 aromatic rings. The number of aryl methyl sites for hydroxylation is 2. The van der Waals surface area contributed by atoms with E-state index in [-0.39, 0.29) is 5.82 Å². The second-order valence-corrected chi connectivity index (χ2v) is 4.54. The van der Waals surface area contributed by atoms with Crippen LogP contribution in [0.25, 0.3) is 11.4 Å². The largest absolute Gasteiger partial charge is 0.434 e. The van der Waals surface area contributed by atoms with Crippen molar-refractivity contribution in [2.75, 3.05) is 0 Å². The lowest BCUT2D eigenvalue weighted by Gasteiger charge is -2.04. The van der Waals surface area contributed by atoms with Crippen LogP contribution in [0.1, 0.15) is 11.3 Å². The molecule has 0 bridgehead atoms. The highest BCUT2D eigenvalue weighted by molar-refractivity contribution is 7.80. The molecule has 2 nitrogen and oxygen atoms in total. The van der Waals surface area contributed by atoms with E-state index in [1.54, 1.807) is 18.2 Å². The first-order chi connectivity index (χ1) is 8.29. The zero-order valence-electron chi connectivity index (χ0n) is 9.78. The van der Waals surface area contributed by atoms with Gasteiger partial charge in [-0.1, -0.05) is 12.1 Å². The Morgan fingerprint density at radius 2 is 1.94 bits per heavy atom. The van der Waals surface area contributed by atoms with Crippen molar-refractivity contribution < 1.29 is 13.2 Å². The third-order valence-corrected chi connectivity index (χ3v) is 3.12. The van der Waals surface area contributed by atoms with E-state index in [2.05, 4.69) is 17.6 Å². The fourth-order valence-corrected chi connectivity index (χ4v) is 1.83. The maximum absolute atomic E-state index is 12.5. The Morgan fingerprint density at radius 1 is 1.28 bits per heavy atom. The summed E-state index contributed by atoms with van der Waals surface area (Å²) in [4.78, 5) is 4.35. The molecule has 6 heteroatoms. The smallest absolute Gasteiger partial charge is 0.333 e. The molecule has 0 radical (unpaired) electrons. The van der Waals surface area contributed by atoms with Crippen LogP contribution in [0.2, 0.25) is 0 Å².